The van der Waals surface area contributed by atoms with Crippen molar-refractivity contribution in [1.29, 1.82) is 0 Å². The Morgan fingerprint density at radius 1 is 1.79 bits per heavy atom. The van der Waals surface area contributed by atoms with Gasteiger partial charge in [0.1, 0.15) is 5.60 Å². The molecule has 1 aromatic rings. The Morgan fingerprint density at radius 3 is 3.14 bits per heavy atom. The zero-order chi connectivity index (χ0) is 10.2. The van der Waals surface area contributed by atoms with E-state index in [-0.39, 0.29) is 0 Å². The Labute approximate surface area is 87.9 Å². The molecule has 1 atom stereocenters. The van der Waals surface area contributed by atoms with E-state index in [2.05, 4.69) is 10.4 Å². The van der Waals surface area contributed by atoms with Crippen LogP contribution in [-0.2, 0) is 12.1 Å². The summed E-state index contributed by atoms with van der Waals surface area (Å²) in [6.45, 7) is 4.09. The lowest BCUT2D eigenvalue weighted by atomic mass is 9.99. The minimum absolute atomic E-state index is 0.554. The molecule has 0 aromatic carbocycles. The van der Waals surface area contributed by atoms with Crippen LogP contribution < -0.4 is 5.32 Å². The minimum atomic E-state index is -0.844. The van der Waals surface area contributed by atoms with Crippen LogP contribution in [0, 0.1) is 0 Å². The van der Waals surface area contributed by atoms with Crippen molar-refractivity contribution in [1.82, 2.24) is 15.1 Å². The molecule has 2 heterocycles. The molecule has 0 spiro atoms. The molecule has 0 bridgehead atoms. The van der Waals surface area contributed by atoms with Gasteiger partial charge in [-0.1, -0.05) is 11.6 Å². The molecule has 5 heteroatoms. The van der Waals surface area contributed by atoms with Crippen molar-refractivity contribution in [3.8, 4) is 0 Å². The average Bonchev–Trinajstić information content (AvgIpc) is 2.73. The first-order chi connectivity index (χ1) is 6.67. The number of hydrogen-bond acceptors (Lipinski definition) is 3. The number of rotatable bonds is 2. The lowest BCUT2D eigenvalue weighted by Crippen LogP contribution is -2.31. The summed E-state index contributed by atoms with van der Waals surface area (Å²) in [5.74, 6) is 0. The van der Waals surface area contributed by atoms with Crippen molar-refractivity contribution in [2.24, 2.45) is 0 Å². The Hall–Kier alpha value is -0.580. The molecule has 0 radical (unpaired) electrons. The molecule has 0 aliphatic carbocycles. The van der Waals surface area contributed by atoms with Crippen molar-refractivity contribution in [3.63, 3.8) is 0 Å². The molecule has 1 saturated heterocycles. The highest BCUT2D eigenvalue weighted by Gasteiger charge is 2.37. The third-order valence-corrected chi connectivity index (χ3v) is 2.94. The number of aromatic nitrogens is 2. The number of aliphatic hydroxyl groups is 1. The van der Waals surface area contributed by atoms with Crippen molar-refractivity contribution >= 4 is 11.6 Å². The molecule has 78 valence electrons. The zero-order valence-electron chi connectivity index (χ0n) is 8.13. The first-order valence-corrected chi connectivity index (χ1v) is 5.20. The molecule has 2 N–H and O–H groups in total. The summed E-state index contributed by atoms with van der Waals surface area (Å²) in [6, 6.07) is 0. The van der Waals surface area contributed by atoms with Gasteiger partial charge in [-0.2, -0.15) is 5.10 Å². The predicted molar refractivity (Wildman–Crippen MR) is 54.3 cm³/mol. The molecular formula is C9H14ClN3O. The molecule has 4 nitrogen and oxygen atoms in total. The number of nitrogens with one attached hydrogen (secondary N) is 1. The first kappa shape index (κ1) is 9.96. The summed E-state index contributed by atoms with van der Waals surface area (Å²) < 4.78 is 1.76. The van der Waals surface area contributed by atoms with Crippen LogP contribution in [0.3, 0.4) is 0 Å². The maximum absolute atomic E-state index is 10.3. The van der Waals surface area contributed by atoms with Crippen molar-refractivity contribution < 1.29 is 5.11 Å². The third-order valence-electron chi connectivity index (χ3n) is 2.67. The van der Waals surface area contributed by atoms with Crippen LogP contribution in [0.1, 0.15) is 19.0 Å². The SMILES string of the molecule is CCn1ncc(Cl)c1C1(O)CCNC1. The van der Waals surface area contributed by atoms with E-state index in [9.17, 15) is 5.11 Å². The second-order valence-corrected chi connectivity index (χ2v) is 4.02. The predicted octanol–water partition coefficient (Wildman–Crippen LogP) is 0.737. The summed E-state index contributed by atoms with van der Waals surface area (Å²) in [5, 5.41) is 18.1. The molecule has 1 aromatic heterocycles. The molecule has 1 fully saturated rings. The van der Waals surface area contributed by atoms with E-state index in [1.807, 2.05) is 6.92 Å². The van der Waals surface area contributed by atoms with Gasteiger partial charge in [0.2, 0.25) is 0 Å². The normalized spacial score (nSPS) is 27.1. The highest BCUT2D eigenvalue weighted by atomic mass is 35.5. The van der Waals surface area contributed by atoms with E-state index < -0.39 is 5.60 Å². The van der Waals surface area contributed by atoms with Crippen LogP contribution in [-0.4, -0.2) is 28.0 Å². The van der Waals surface area contributed by atoms with Crippen molar-refractivity contribution in [3.05, 3.63) is 16.9 Å². The third kappa shape index (κ3) is 1.43. The molecule has 1 aliphatic rings. The monoisotopic (exact) mass is 215 g/mol. The fourth-order valence-electron chi connectivity index (χ4n) is 1.95. The summed E-state index contributed by atoms with van der Waals surface area (Å²) in [4.78, 5) is 0. The van der Waals surface area contributed by atoms with Gasteiger partial charge < -0.3 is 10.4 Å². The van der Waals surface area contributed by atoms with Crippen molar-refractivity contribution in [2.75, 3.05) is 13.1 Å². The number of halogens is 1. The summed E-state index contributed by atoms with van der Waals surface area (Å²) in [7, 11) is 0. The van der Waals surface area contributed by atoms with Gasteiger partial charge >= 0.3 is 0 Å². The van der Waals surface area contributed by atoms with Crippen LogP contribution in [0.4, 0.5) is 0 Å². The molecule has 1 aliphatic heterocycles. The van der Waals surface area contributed by atoms with E-state index >= 15 is 0 Å². The standard InChI is InChI=1S/C9H14ClN3O/c1-2-13-8(7(10)5-12-13)9(14)3-4-11-6-9/h5,11,14H,2-4,6H2,1H3. The molecule has 0 saturated carbocycles. The van der Waals surface area contributed by atoms with Crippen LogP contribution in [0.5, 0.6) is 0 Å². The Balaban J connectivity index is 2.42. The zero-order valence-corrected chi connectivity index (χ0v) is 8.88. The number of aryl methyl sites for hydroxylation is 1. The Bertz CT molecular complexity index is 331. The highest BCUT2D eigenvalue weighted by Crippen LogP contribution is 2.32. The first-order valence-electron chi connectivity index (χ1n) is 4.82. The van der Waals surface area contributed by atoms with Gasteiger partial charge in [0.05, 0.1) is 16.9 Å². The molecule has 2 rings (SSSR count). The number of nitrogens with zero attached hydrogens (tertiary/aromatic N) is 2. The largest absolute Gasteiger partial charge is 0.382 e. The van der Waals surface area contributed by atoms with Gasteiger partial charge in [-0.15, -0.1) is 0 Å². The fraction of sp³-hybridized carbons (Fsp3) is 0.667. The Kier molecular flexibility index (Phi) is 2.51. The maximum Gasteiger partial charge on any atom is 0.121 e. The number of β-amino-alcohol motifs (C(OH)–C–C–N with tert-alkyl or cyclic N) is 1. The van der Waals surface area contributed by atoms with Gasteiger partial charge in [0, 0.05) is 13.1 Å². The minimum Gasteiger partial charge on any atom is -0.382 e. The van der Waals surface area contributed by atoms with E-state index in [0.717, 1.165) is 18.8 Å². The molecule has 14 heavy (non-hydrogen) atoms. The van der Waals surface area contributed by atoms with Gasteiger partial charge in [-0.05, 0) is 19.9 Å². The van der Waals surface area contributed by atoms with Crippen LogP contribution >= 0.6 is 11.6 Å². The Morgan fingerprint density at radius 2 is 2.57 bits per heavy atom. The van der Waals surface area contributed by atoms with Gasteiger partial charge in [-0.3, -0.25) is 4.68 Å². The average molecular weight is 216 g/mol. The maximum atomic E-state index is 10.3. The number of hydrogen-bond donors (Lipinski definition) is 2. The van der Waals surface area contributed by atoms with E-state index in [1.54, 1.807) is 10.9 Å². The summed E-state index contributed by atoms with van der Waals surface area (Å²) >= 11 is 6.02. The van der Waals surface area contributed by atoms with Crippen LogP contribution in [0.15, 0.2) is 6.20 Å². The fourth-order valence-corrected chi connectivity index (χ4v) is 2.26. The topological polar surface area (TPSA) is 50.1 Å². The van der Waals surface area contributed by atoms with Gasteiger partial charge in [-0.25, -0.2) is 0 Å². The second kappa shape index (κ2) is 3.53. The lowest BCUT2D eigenvalue weighted by molar-refractivity contribution is 0.0492. The highest BCUT2D eigenvalue weighted by molar-refractivity contribution is 6.31. The quantitative estimate of drug-likeness (QED) is 0.765. The van der Waals surface area contributed by atoms with E-state index in [0.29, 0.717) is 18.0 Å². The van der Waals surface area contributed by atoms with E-state index in [4.69, 9.17) is 11.6 Å². The summed E-state index contributed by atoms with van der Waals surface area (Å²) in [5.41, 5.74) is -0.101. The summed E-state index contributed by atoms with van der Waals surface area (Å²) in [6.07, 6.45) is 2.29. The van der Waals surface area contributed by atoms with Crippen LogP contribution in [0.2, 0.25) is 5.02 Å². The second-order valence-electron chi connectivity index (χ2n) is 3.62. The molecular weight excluding hydrogens is 202 g/mol. The van der Waals surface area contributed by atoms with Gasteiger partial charge in [0.25, 0.3) is 0 Å². The van der Waals surface area contributed by atoms with E-state index in [1.165, 1.54) is 0 Å². The molecule has 0 amide bonds. The van der Waals surface area contributed by atoms with Crippen LogP contribution in [0.25, 0.3) is 0 Å². The molecule has 1 unspecified atom stereocenters. The smallest absolute Gasteiger partial charge is 0.121 e. The van der Waals surface area contributed by atoms with Crippen molar-refractivity contribution in [2.45, 2.75) is 25.5 Å². The van der Waals surface area contributed by atoms with Gasteiger partial charge in [0.15, 0.2) is 0 Å². The lowest BCUT2D eigenvalue weighted by Gasteiger charge is -2.22.